The number of hydrogen-bond donors (Lipinski definition) is 1. The fraction of sp³-hybridized carbons (Fsp3) is 0.960. The van der Waals surface area contributed by atoms with Crippen LogP contribution in [0.15, 0.2) is 0 Å². The van der Waals surface area contributed by atoms with Gasteiger partial charge in [-0.25, -0.2) is 0 Å². The molecule has 5 nitrogen and oxygen atoms in total. The number of nitrogens with one attached hydrogen (secondary N) is 1. The molecule has 32 heavy (non-hydrogen) atoms. The summed E-state index contributed by atoms with van der Waals surface area (Å²) in [5.74, 6) is 0.760. The van der Waals surface area contributed by atoms with Gasteiger partial charge in [-0.05, 0) is 12.8 Å². The van der Waals surface area contributed by atoms with Gasteiger partial charge < -0.3 is 18.6 Å². The average Bonchev–Trinajstić information content (AvgIpc) is 2.81. The Hall–Kier alpha value is -0.0831. The molecule has 0 spiro atoms. The van der Waals surface area contributed by atoms with E-state index in [4.69, 9.17) is 13.3 Å². The van der Waals surface area contributed by atoms with Gasteiger partial charge in [-0.2, -0.15) is 0 Å². The van der Waals surface area contributed by atoms with Gasteiger partial charge in [-0.3, -0.25) is 4.79 Å². The molecule has 0 saturated heterocycles. The lowest BCUT2D eigenvalue weighted by Crippen LogP contribution is -2.42. The Labute approximate surface area is 204 Å². The Morgan fingerprint density at radius 2 is 1.06 bits per heavy atom. The topological polar surface area (TPSA) is 56.8 Å². The van der Waals surface area contributed by atoms with E-state index in [2.05, 4.69) is 12.2 Å². The van der Waals surface area contributed by atoms with Crippen LogP contribution < -0.4 is 5.32 Å². The monoisotopic (exact) mass is 491 g/mol. The maximum Gasteiger partial charge on any atom is 0.500 e. The minimum atomic E-state index is -2.50. The zero-order valence-electron chi connectivity index (χ0n) is 21.7. The van der Waals surface area contributed by atoms with E-state index in [0.717, 1.165) is 31.2 Å². The van der Waals surface area contributed by atoms with Crippen LogP contribution in [0.4, 0.5) is 4.79 Å². The molecular formula is C25H53NO4SSi. The molecule has 0 bridgehead atoms. The van der Waals surface area contributed by atoms with Crippen molar-refractivity contribution in [3.63, 3.8) is 0 Å². The number of carbonyl (C=O) groups excluding carboxylic acids is 1. The molecule has 0 fully saturated rings. The molecule has 0 radical (unpaired) electrons. The molecular weight excluding hydrogens is 438 g/mol. The summed E-state index contributed by atoms with van der Waals surface area (Å²) in [5.41, 5.74) is 0. The van der Waals surface area contributed by atoms with Gasteiger partial charge in [-0.15, -0.1) is 0 Å². The summed E-state index contributed by atoms with van der Waals surface area (Å²) in [6.07, 6.45) is 22.7. The Morgan fingerprint density at radius 1 is 0.656 bits per heavy atom. The third-order valence-electron chi connectivity index (χ3n) is 6.09. The number of unbranched alkanes of at least 4 members (excludes halogenated alkanes) is 15. The maximum absolute atomic E-state index is 11.9. The van der Waals surface area contributed by atoms with Crippen LogP contribution in [0.5, 0.6) is 0 Å². The molecule has 0 aliphatic carbocycles. The lowest BCUT2D eigenvalue weighted by atomic mass is 10.0. The van der Waals surface area contributed by atoms with Crippen molar-refractivity contribution in [2.45, 2.75) is 122 Å². The summed E-state index contributed by atoms with van der Waals surface area (Å²) in [5, 5.41) is 3.09. The van der Waals surface area contributed by atoms with E-state index in [1.807, 2.05) is 0 Å². The number of carbonyl (C=O) groups is 1. The Bertz CT molecular complexity index is 403. The van der Waals surface area contributed by atoms with Gasteiger partial charge in [0, 0.05) is 39.7 Å². The largest absolute Gasteiger partial charge is 0.500 e. The van der Waals surface area contributed by atoms with Crippen molar-refractivity contribution in [3.05, 3.63) is 0 Å². The molecule has 0 heterocycles. The molecule has 0 aliphatic heterocycles. The fourth-order valence-electron chi connectivity index (χ4n) is 3.92. The highest BCUT2D eigenvalue weighted by Crippen LogP contribution is 2.18. The molecule has 0 aromatic carbocycles. The van der Waals surface area contributed by atoms with Crippen molar-refractivity contribution >= 4 is 25.8 Å². The minimum Gasteiger partial charge on any atom is -0.377 e. The molecule has 7 heteroatoms. The van der Waals surface area contributed by atoms with Crippen molar-refractivity contribution in [1.82, 2.24) is 5.32 Å². The second kappa shape index (κ2) is 24.1. The summed E-state index contributed by atoms with van der Waals surface area (Å²) >= 11 is 1.34. The Morgan fingerprint density at radius 3 is 1.47 bits per heavy atom. The van der Waals surface area contributed by atoms with E-state index in [-0.39, 0.29) is 5.24 Å². The number of hydrogen-bond acceptors (Lipinski definition) is 5. The molecule has 0 aromatic heterocycles. The van der Waals surface area contributed by atoms with Crippen LogP contribution in [0.25, 0.3) is 0 Å². The van der Waals surface area contributed by atoms with Gasteiger partial charge in [0.15, 0.2) is 0 Å². The molecule has 0 atom stereocenters. The zero-order valence-corrected chi connectivity index (χ0v) is 23.5. The maximum atomic E-state index is 11.9. The van der Waals surface area contributed by atoms with Gasteiger partial charge in [-0.1, -0.05) is 115 Å². The van der Waals surface area contributed by atoms with Crippen molar-refractivity contribution in [2.75, 3.05) is 33.6 Å². The highest BCUT2D eigenvalue weighted by atomic mass is 32.2. The second-order valence-electron chi connectivity index (χ2n) is 8.76. The second-order valence-corrected chi connectivity index (χ2v) is 12.9. The van der Waals surface area contributed by atoms with Crippen LogP contribution in [0.3, 0.4) is 0 Å². The molecule has 192 valence electrons. The van der Waals surface area contributed by atoms with E-state index in [9.17, 15) is 4.79 Å². The van der Waals surface area contributed by atoms with Gasteiger partial charge in [0.05, 0.1) is 0 Å². The highest BCUT2D eigenvalue weighted by molar-refractivity contribution is 8.13. The van der Waals surface area contributed by atoms with E-state index < -0.39 is 8.80 Å². The zero-order chi connectivity index (χ0) is 23.8. The Kier molecular flexibility index (Phi) is 24.0. The van der Waals surface area contributed by atoms with Gasteiger partial charge in [0.25, 0.3) is 5.24 Å². The SMILES string of the molecule is CCCCCCCCCCCCCCCCCCNC(=O)SCCC[Si](OC)(OC)OC. The van der Waals surface area contributed by atoms with Crippen LogP contribution >= 0.6 is 11.8 Å². The van der Waals surface area contributed by atoms with Crippen LogP contribution in [0, 0.1) is 0 Å². The first kappa shape index (κ1) is 31.9. The molecule has 0 aliphatic rings. The minimum absolute atomic E-state index is 0.0745. The summed E-state index contributed by atoms with van der Waals surface area (Å²) in [7, 11) is 2.37. The standard InChI is InChI=1S/C25H53NO4SSi/c1-5-6-7-8-9-10-11-12-13-14-15-16-17-18-19-20-22-26-25(27)31-23-21-24-32(28-2,29-3)30-4/h5-24H2,1-4H3,(H,26,27). The first-order valence-corrected chi connectivity index (χ1v) is 16.1. The third-order valence-corrected chi connectivity index (χ3v) is 9.82. The lowest BCUT2D eigenvalue weighted by Gasteiger charge is -2.23. The first-order valence-electron chi connectivity index (χ1n) is 13.2. The predicted molar refractivity (Wildman–Crippen MR) is 142 cm³/mol. The summed E-state index contributed by atoms with van der Waals surface area (Å²) < 4.78 is 16.2. The van der Waals surface area contributed by atoms with E-state index >= 15 is 0 Å². The van der Waals surface area contributed by atoms with Gasteiger partial charge in [0.2, 0.25) is 0 Å². The number of rotatable bonds is 24. The molecule has 1 N–H and O–H groups in total. The summed E-state index contributed by atoms with van der Waals surface area (Å²) in [6.45, 7) is 3.07. The van der Waals surface area contributed by atoms with Crippen molar-refractivity contribution in [2.24, 2.45) is 0 Å². The van der Waals surface area contributed by atoms with Crippen LogP contribution in [0.2, 0.25) is 6.04 Å². The van der Waals surface area contributed by atoms with Gasteiger partial charge in [0.1, 0.15) is 0 Å². The predicted octanol–water partition coefficient (Wildman–Crippen LogP) is 7.96. The van der Waals surface area contributed by atoms with Crippen LogP contribution in [0.1, 0.15) is 116 Å². The quantitative estimate of drug-likeness (QED) is 0.110. The highest BCUT2D eigenvalue weighted by Gasteiger charge is 2.36. The Balaban J connectivity index is 3.31. The molecule has 1 amide bonds. The van der Waals surface area contributed by atoms with E-state index in [1.165, 1.54) is 108 Å². The molecule has 0 aromatic rings. The summed E-state index contributed by atoms with van der Waals surface area (Å²) in [6, 6.07) is 0.732. The van der Waals surface area contributed by atoms with Crippen molar-refractivity contribution < 1.29 is 18.1 Å². The lowest BCUT2D eigenvalue weighted by molar-refractivity contribution is 0.123. The fourth-order valence-corrected chi connectivity index (χ4v) is 6.58. The third kappa shape index (κ3) is 19.4. The molecule has 0 rings (SSSR count). The van der Waals surface area contributed by atoms with Gasteiger partial charge >= 0.3 is 8.80 Å². The number of thioether (sulfide) groups is 1. The molecule has 0 unspecified atom stereocenters. The normalized spacial score (nSPS) is 11.8. The van der Waals surface area contributed by atoms with Crippen LogP contribution in [-0.4, -0.2) is 47.7 Å². The van der Waals surface area contributed by atoms with Crippen molar-refractivity contribution in [1.29, 1.82) is 0 Å². The smallest absolute Gasteiger partial charge is 0.377 e. The molecule has 0 saturated carbocycles. The number of amides is 1. The van der Waals surface area contributed by atoms with Crippen LogP contribution in [-0.2, 0) is 13.3 Å². The average molecular weight is 492 g/mol. The van der Waals surface area contributed by atoms with Crippen molar-refractivity contribution in [3.8, 4) is 0 Å². The van der Waals surface area contributed by atoms with E-state index in [1.54, 1.807) is 21.3 Å². The first-order chi connectivity index (χ1) is 15.6. The van der Waals surface area contributed by atoms with E-state index in [0.29, 0.717) is 0 Å². The summed E-state index contributed by atoms with van der Waals surface area (Å²) in [4.78, 5) is 11.9.